The Morgan fingerprint density at radius 1 is 1.20 bits per heavy atom. The molecule has 90 valence electrons. The molecular weight excluding hydrogens is 190 g/mol. The summed E-state index contributed by atoms with van der Waals surface area (Å²) in [5.41, 5.74) is 0. The van der Waals surface area contributed by atoms with Gasteiger partial charge in [0.15, 0.2) is 0 Å². The van der Waals surface area contributed by atoms with Gasteiger partial charge in [-0.3, -0.25) is 0 Å². The number of hydrogen-bond acceptors (Lipinski definition) is 3. The first kappa shape index (κ1) is 12.9. The summed E-state index contributed by atoms with van der Waals surface area (Å²) in [6.45, 7) is 8.41. The Kier molecular flexibility index (Phi) is 5.58. The minimum absolute atomic E-state index is 0.271. The van der Waals surface area contributed by atoms with E-state index < -0.39 is 0 Å². The highest BCUT2D eigenvalue weighted by atomic mass is 16.5. The van der Waals surface area contributed by atoms with E-state index in [1.165, 1.54) is 12.8 Å². The third kappa shape index (κ3) is 4.09. The Morgan fingerprint density at radius 2 is 1.80 bits per heavy atom. The van der Waals surface area contributed by atoms with Crippen LogP contribution in [0.25, 0.3) is 0 Å². The number of hydrogen-bond donors (Lipinski definition) is 1. The van der Waals surface area contributed by atoms with Gasteiger partial charge < -0.3 is 14.8 Å². The van der Waals surface area contributed by atoms with Crippen LogP contribution < -0.4 is 5.32 Å². The highest BCUT2D eigenvalue weighted by molar-refractivity contribution is 4.79. The lowest BCUT2D eigenvalue weighted by molar-refractivity contribution is 0.0448. The molecule has 0 aromatic carbocycles. The van der Waals surface area contributed by atoms with E-state index in [1.54, 1.807) is 7.11 Å². The van der Waals surface area contributed by atoms with Gasteiger partial charge in [0.05, 0.1) is 6.10 Å². The van der Waals surface area contributed by atoms with Crippen LogP contribution in [0, 0.1) is 5.92 Å². The number of ether oxygens (including phenoxy) is 2. The van der Waals surface area contributed by atoms with E-state index in [-0.39, 0.29) is 6.10 Å². The topological polar surface area (TPSA) is 30.5 Å². The van der Waals surface area contributed by atoms with E-state index in [0.717, 1.165) is 19.1 Å². The lowest BCUT2D eigenvalue weighted by atomic mass is 9.92. The van der Waals surface area contributed by atoms with Crippen molar-refractivity contribution < 1.29 is 9.47 Å². The molecule has 3 unspecified atom stereocenters. The lowest BCUT2D eigenvalue weighted by Crippen LogP contribution is -2.46. The summed E-state index contributed by atoms with van der Waals surface area (Å²) in [6.07, 6.45) is 2.64. The molecule has 1 saturated heterocycles. The molecule has 1 aliphatic rings. The van der Waals surface area contributed by atoms with Gasteiger partial charge in [-0.05, 0) is 39.5 Å². The van der Waals surface area contributed by atoms with Crippen molar-refractivity contribution in [1.82, 2.24) is 5.32 Å². The second-order valence-electron chi connectivity index (χ2n) is 4.63. The molecule has 0 bridgehead atoms. The van der Waals surface area contributed by atoms with E-state index in [2.05, 4.69) is 26.1 Å². The van der Waals surface area contributed by atoms with Crippen molar-refractivity contribution in [1.29, 1.82) is 0 Å². The second kappa shape index (κ2) is 6.46. The molecule has 0 aromatic heterocycles. The molecule has 1 fully saturated rings. The molecule has 1 N–H and O–H groups in total. The molecule has 0 saturated carbocycles. The van der Waals surface area contributed by atoms with Gasteiger partial charge in [0.1, 0.15) is 0 Å². The van der Waals surface area contributed by atoms with E-state index in [0.29, 0.717) is 12.1 Å². The van der Waals surface area contributed by atoms with Gasteiger partial charge in [0.2, 0.25) is 0 Å². The van der Waals surface area contributed by atoms with Crippen LogP contribution in [0.1, 0.15) is 33.6 Å². The highest BCUT2D eigenvalue weighted by Crippen LogP contribution is 2.19. The highest BCUT2D eigenvalue weighted by Gasteiger charge is 2.22. The quantitative estimate of drug-likeness (QED) is 0.759. The summed E-state index contributed by atoms with van der Waals surface area (Å²) in [6, 6.07) is 0.967. The number of rotatable bonds is 5. The zero-order valence-corrected chi connectivity index (χ0v) is 10.5. The fraction of sp³-hybridized carbons (Fsp3) is 1.00. The minimum Gasteiger partial charge on any atom is -0.381 e. The van der Waals surface area contributed by atoms with Crippen molar-refractivity contribution in [3.63, 3.8) is 0 Å². The largest absolute Gasteiger partial charge is 0.381 e. The number of methoxy groups -OCH3 is 1. The molecule has 0 spiro atoms. The van der Waals surface area contributed by atoms with E-state index in [1.807, 2.05) is 0 Å². The van der Waals surface area contributed by atoms with E-state index >= 15 is 0 Å². The smallest absolute Gasteiger partial charge is 0.0693 e. The van der Waals surface area contributed by atoms with Gasteiger partial charge in [-0.2, -0.15) is 0 Å². The van der Waals surface area contributed by atoms with Crippen molar-refractivity contribution in [2.75, 3.05) is 20.3 Å². The maximum Gasteiger partial charge on any atom is 0.0693 e. The zero-order valence-electron chi connectivity index (χ0n) is 10.5. The maximum absolute atomic E-state index is 5.37. The van der Waals surface area contributed by atoms with Crippen molar-refractivity contribution in [2.45, 2.75) is 51.8 Å². The molecule has 3 atom stereocenters. The molecule has 0 radical (unpaired) electrons. The van der Waals surface area contributed by atoms with Gasteiger partial charge in [0.25, 0.3) is 0 Å². The monoisotopic (exact) mass is 215 g/mol. The zero-order chi connectivity index (χ0) is 11.3. The second-order valence-corrected chi connectivity index (χ2v) is 4.63. The molecule has 1 heterocycles. The normalized spacial score (nSPS) is 24.8. The molecule has 0 aliphatic carbocycles. The van der Waals surface area contributed by atoms with Crippen LogP contribution in [-0.4, -0.2) is 38.5 Å². The van der Waals surface area contributed by atoms with Crippen LogP contribution in [0.4, 0.5) is 0 Å². The maximum atomic E-state index is 5.37. The predicted octanol–water partition coefficient (Wildman–Crippen LogP) is 1.81. The van der Waals surface area contributed by atoms with Crippen molar-refractivity contribution in [3.05, 3.63) is 0 Å². The summed E-state index contributed by atoms with van der Waals surface area (Å²) >= 11 is 0. The van der Waals surface area contributed by atoms with Crippen LogP contribution in [-0.2, 0) is 9.47 Å². The Hall–Kier alpha value is -0.120. The third-order valence-corrected chi connectivity index (χ3v) is 3.57. The van der Waals surface area contributed by atoms with Crippen molar-refractivity contribution >= 4 is 0 Å². The van der Waals surface area contributed by atoms with Crippen molar-refractivity contribution in [2.24, 2.45) is 5.92 Å². The molecule has 1 rings (SSSR count). The molecule has 3 nitrogen and oxygen atoms in total. The molecule has 15 heavy (non-hydrogen) atoms. The summed E-state index contributed by atoms with van der Waals surface area (Å²) < 4.78 is 10.7. The fourth-order valence-corrected chi connectivity index (χ4v) is 2.11. The third-order valence-electron chi connectivity index (χ3n) is 3.57. The first-order valence-corrected chi connectivity index (χ1v) is 6.01. The van der Waals surface area contributed by atoms with Crippen molar-refractivity contribution in [3.8, 4) is 0 Å². The van der Waals surface area contributed by atoms with Crippen LogP contribution in [0.2, 0.25) is 0 Å². The first-order chi connectivity index (χ1) is 7.15. The average Bonchev–Trinajstić information content (AvgIpc) is 2.29. The van der Waals surface area contributed by atoms with Gasteiger partial charge >= 0.3 is 0 Å². The Balaban J connectivity index is 2.29. The van der Waals surface area contributed by atoms with Gasteiger partial charge in [-0.25, -0.2) is 0 Å². The van der Waals surface area contributed by atoms with Crippen LogP contribution in [0.3, 0.4) is 0 Å². The molecular formula is C12H25NO2. The number of nitrogens with one attached hydrogen (secondary N) is 1. The molecule has 0 aromatic rings. The predicted molar refractivity (Wildman–Crippen MR) is 62.1 cm³/mol. The standard InChI is InChI=1S/C12H25NO2/c1-9(11(3)14-4)13-10(2)12-5-7-15-8-6-12/h9-13H,5-8H2,1-4H3. The van der Waals surface area contributed by atoms with Crippen LogP contribution in [0.5, 0.6) is 0 Å². The Labute approximate surface area is 93.5 Å². The first-order valence-electron chi connectivity index (χ1n) is 6.01. The fourth-order valence-electron chi connectivity index (χ4n) is 2.11. The molecule has 0 amide bonds. The van der Waals surface area contributed by atoms with Crippen LogP contribution in [0.15, 0.2) is 0 Å². The summed E-state index contributed by atoms with van der Waals surface area (Å²) in [7, 11) is 1.77. The molecule has 1 aliphatic heterocycles. The summed E-state index contributed by atoms with van der Waals surface area (Å²) in [5, 5.41) is 3.62. The SMILES string of the molecule is COC(C)C(C)NC(C)C1CCOCC1. The Morgan fingerprint density at radius 3 is 2.33 bits per heavy atom. The van der Waals surface area contributed by atoms with Gasteiger partial charge in [-0.1, -0.05) is 0 Å². The lowest BCUT2D eigenvalue weighted by Gasteiger charge is -2.32. The van der Waals surface area contributed by atoms with Crippen LogP contribution >= 0.6 is 0 Å². The van der Waals surface area contributed by atoms with Gasteiger partial charge in [0, 0.05) is 32.4 Å². The van der Waals surface area contributed by atoms with E-state index in [4.69, 9.17) is 9.47 Å². The molecule has 3 heteroatoms. The van der Waals surface area contributed by atoms with E-state index in [9.17, 15) is 0 Å². The minimum atomic E-state index is 0.271. The Bertz CT molecular complexity index is 169. The van der Waals surface area contributed by atoms with Gasteiger partial charge in [-0.15, -0.1) is 0 Å². The average molecular weight is 215 g/mol. The summed E-state index contributed by atoms with van der Waals surface area (Å²) in [5.74, 6) is 0.755. The summed E-state index contributed by atoms with van der Waals surface area (Å²) in [4.78, 5) is 0.